The molecule has 1 aromatic rings. The third kappa shape index (κ3) is 2.92. The third-order valence-electron chi connectivity index (χ3n) is 3.18. The molecule has 1 aliphatic rings. The van der Waals surface area contributed by atoms with Gasteiger partial charge in [0.2, 0.25) is 0 Å². The minimum atomic E-state index is 0.555. The molecule has 0 aliphatic carbocycles. The average Bonchev–Trinajstić information content (AvgIpc) is 2.30. The fourth-order valence-electron chi connectivity index (χ4n) is 2.14. The van der Waals surface area contributed by atoms with E-state index >= 15 is 0 Å². The molecule has 0 radical (unpaired) electrons. The number of nitrogens with one attached hydrogen (secondary N) is 1. The van der Waals surface area contributed by atoms with E-state index in [0.717, 1.165) is 17.9 Å². The Kier molecular flexibility index (Phi) is 3.72. The molecular formula is C12H20N4. The molecular weight excluding hydrogens is 200 g/mol. The number of rotatable bonds is 3. The van der Waals surface area contributed by atoms with Crippen molar-refractivity contribution in [2.75, 3.05) is 25.0 Å². The zero-order valence-corrected chi connectivity index (χ0v) is 10.1. The first-order valence-electron chi connectivity index (χ1n) is 6.06. The summed E-state index contributed by atoms with van der Waals surface area (Å²) in [6.07, 6.45) is 4.18. The quantitative estimate of drug-likeness (QED) is 0.841. The molecule has 88 valence electrons. The van der Waals surface area contributed by atoms with Crippen LogP contribution >= 0.6 is 0 Å². The van der Waals surface area contributed by atoms with E-state index < -0.39 is 0 Å². The second-order valence-corrected chi connectivity index (χ2v) is 4.47. The fraction of sp³-hybridized carbons (Fsp3) is 0.667. The maximum absolute atomic E-state index is 4.10. The van der Waals surface area contributed by atoms with Crippen molar-refractivity contribution >= 4 is 5.82 Å². The molecule has 2 heterocycles. The summed E-state index contributed by atoms with van der Waals surface area (Å²) in [4.78, 5) is 2.49. The van der Waals surface area contributed by atoms with Crippen LogP contribution < -0.4 is 5.32 Å². The van der Waals surface area contributed by atoms with Crippen molar-refractivity contribution < 1.29 is 0 Å². The number of nitrogens with zero attached hydrogens (tertiary/aromatic N) is 3. The van der Waals surface area contributed by atoms with Gasteiger partial charge in [0.25, 0.3) is 0 Å². The van der Waals surface area contributed by atoms with Crippen LogP contribution in [0.1, 0.15) is 25.3 Å². The molecule has 0 aromatic carbocycles. The normalized spacial score (nSPS) is 18.6. The minimum absolute atomic E-state index is 0.555. The lowest BCUT2D eigenvalue weighted by Gasteiger charge is -2.31. The standard InChI is InChI=1S/C12H20N4/c1-3-16-6-4-11(5-7-16)14-12-8-10(2)9-13-15-12/h8-9,11H,3-7H2,1-2H3,(H,14,15). The highest BCUT2D eigenvalue weighted by Gasteiger charge is 2.17. The van der Waals surface area contributed by atoms with Gasteiger partial charge in [-0.05, 0) is 37.9 Å². The SMILES string of the molecule is CCN1CCC(Nc2cc(C)cnn2)CC1. The Hall–Kier alpha value is -1.16. The summed E-state index contributed by atoms with van der Waals surface area (Å²) < 4.78 is 0. The van der Waals surface area contributed by atoms with Crippen LogP contribution in [-0.2, 0) is 0 Å². The summed E-state index contributed by atoms with van der Waals surface area (Å²) in [6.45, 7) is 7.80. The molecule has 0 atom stereocenters. The van der Waals surface area contributed by atoms with E-state index in [1.807, 2.05) is 6.92 Å². The number of hydrogen-bond acceptors (Lipinski definition) is 4. The van der Waals surface area contributed by atoms with Crippen LogP contribution in [0.2, 0.25) is 0 Å². The number of piperidine rings is 1. The van der Waals surface area contributed by atoms with Gasteiger partial charge in [0.05, 0.1) is 6.20 Å². The van der Waals surface area contributed by atoms with Crippen molar-refractivity contribution in [1.29, 1.82) is 0 Å². The van der Waals surface area contributed by atoms with Gasteiger partial charge < -0.3 is 10.2 Å². The first-order valence-corrected chi connectivity index (χ1v) is 6.06. The molecule has 16 heavy (non-hydrogen) atoms. The van der Waals surface area contributed by atoms with Gasteiger partial charge in [0, 0.05) is 19.1 Å². The molecule has 0 unspecified atom stereocenters. The van der Waals surface area contributed by atoms with E-state index in [9.17, 15) is 0 Å². The van der Waals surface area contributed by atoms with E-state index in [1.54, 1.807) is 6.20 Å². The summed E-state index contributed by atoms with van der Waals surface area (Å²) in [7, 11) is 0. The van der Waals surface area contributed by atoms with Crippen LogP contribution in [-0.4, -0.2) is 40.8 Å². The number of aryl methyl sites for hydroxylation is 1. The van der Waals surface area contributed by atoms with Gasteiger partial charge >= 0.3 is 0 Å². The van der Waals surface area contributed by atoms with E-state index in [1.165, 1.54) is 25.9 Å². The fourth-order valence-corrected chi connectivity index (χ4v) is 2.14. The Morgan fingerprint density at radius 2 is 2.19 bits per heavy atom. The molecule has 1 saturated heterocycles. The highest BCUT2D eigenvalue weighted by Crippen LogP contribution is 2.14. The van der Waals surface area contributed by atoms with Crippen molar-refractivity contribution in [3.05, 3.63) is 17.8 Å². The van der Waals surface area contributed by atoms with Gasteiger partial charge in [-0.1, -0.05) is 6.92 Å². The van der Waals surface area contributed by atoms with Crippen molar-refractivity contribution in [3.63, 3.8) is 0 Å². The largest absolute Gasteiger partial charge is 0.366 e. The van der Waals surface area contributed by atoms with Gasteiger partial charge in [-0.25, -0.2) is 0 Å². The Morgan fingerprint density at radius 1 is 1.44 bits per heavy atom. The molecule has 0 spiro atoms. The lowest BCUT2D eigenvalue weighted by molar-refractivity contribution is 0.229. The highest BCUT2D eigenvalue weighted by molar-refractivity contribution is 5.36. The Labute approximate surface area is 97.1 Å². The molecule has 4 heteroatoms. The van der Waals surface area contributed by atoms with Gasteiger partial charge in [0.15, 0.2) is 0 Å². The van der Waals surface area contributed by atoms with E-state index in [4.69, 9.17) is 0 Å². The molecule has 0 amide bonds. The second kappa shape index (κ2) is 5.25. The van der Waals surface area contributed by atoms with Crippen LogP contribution in [0.5, 0.6) is 0 Å². The van der Waals surface area contributed by atoms with Gasteiger partial charge in [-0.15, -0.1) is 5.10 Å². The van der Waals surface area contributed by atoms with Crippen molar-refractivity contribution in [2.45, 2.75) is 32.7 Å². The van der Waals surface area contributed by atoms with Crippen molar-refractivity contribution in [1.82, 2.24) is 15.1 Å². The van der Waals surface area contributed by atoms with Crippen LogP contribution in [0.3, 0.4) is 0 Å². The molecule has 0 bridgehead atoms. The monoisotopic (exact) mass is 220 g/mol. The van der Waals surface area contributed by atoms with E-state index in [0.29, 0.717) is 6.04 Å². The molecule has 0 saturated carbocycles. The highest BCUT2D eigenvalue weighted by atomic mass is 15.2. The van der Waals surface area contributed by atoms with Gasteiger partial charge in [-0.2, -0.15) is 5.10 Å². The predicted octanol–water partition coefficient (Wildman–Crippen LogP) is 1.68. The Bertz CT molecular complexity index is 332. The summed E-state index contributed by atoms with van der Waals surface area (Å²) >= 11 is 0. The summed E-state index contributed by atoms with van der Waals surface area (Å²) in [5.41, 5.74) is 1.16. The molecule has 1 aliphatic heterocycles. The summed E-state index contributed by atoms with van der Waals surface area (Å²) in [5, 5.41) is 11.5. The summed E-state index contributed by atoms with van der Waals surface area (Å²) in [5.74, 6) is 0.912. The lowest BCUT2D eigenvalue weighted by atomic mass is 10.1. The predicted molar refractivity (Wildman–Crippen MR) is 65.5 cm³/mol. The molecule has 1 fully saturated rings. The minimum Gasteiger partial charge on any atom is -0.366 e. The van der Waals surface area contributed by atoms with Crippen LogP contribution in [0.4, 0.5) is 5.82 Å². The molecule has 4 nitrogen and oxygen atoms in total. The third-order valence-corrected chi connectivity index (χ3v) is 3.18. The van der Waals surface area contributed by atoms with E-state index in [2.05, 4.69) is 33.4 Å². The average molecular weight is 220 g/mol. The van der Waals surface area contributed by atoms with Gasteiger partial charge in [0.1, 0.15) is 5.82 Å². The van der Waals surface area contributed by atoms with Gasteiger partial charge in [-0.3, -0.25) is 0 Å². The maximum atomic E-state index is 4.10. The molecule has 1 N–H and O–H groups in total. The molecule has 2 rings (SSSR count). The smallest absolute Gasteiger partial charge is 0.149 e. The van der Waals surface area contributed by atoms with Crippen LogP contribution in [0.25, 0.3) is 0 Å². The topological polar surface area (TPSA) is 41.0 Å². The zero-order chi connectivity index (χ0) is 11.4. The maximum Gasteiger partial charge on any atom is 0.149 e. The van der Waals surface area contributed by atoms with Crippen molar-refractivity contribution in [3.8, 4) is 0 Å². The van der Waals surface area contributed by atoms with Crippen LogP contribution in [0, 0.1) is 6.92 Å². The zero-order valence-electron chi connectivity index (χ0n) is 10.1. The van der Waals surface area contributed by atoms with Crippen LogP contribution in [0.15, 0.2) is 12.3 Å². The van der Waals surface area contributed by atoms with Crippen molar-refractivity contribution in [2.24, 2.45) is 0 Å². The number of hydrogen-bond donors (Lipinski definition) is 1. The number of anilines is 1. The Morgan fingerprint density at radius 3 is 2.81 bits per heavy atom. The first-order chi connectivity index (χ1) is 7.78. The van der Waals surface area contributed by atoms with E-state index in [-0.39, 0.29) is 0 Å². The summed E-state index contributed by atoms with van der Waals surface area (Å²) in [6, 6.07) is 2.61. The number of likely N-dealkylation sites (tertiary alicyclic amines) is 1. The second-order valence-electron chi connectivity index (χ2n) is 4.47. The number of aromatic nitrogens is 2. The lowest BCUT2D eigenvalue weighted by Crippen LogP contribution is -2.39. The molecule has 1 aromatic heterocycles. The first kappa shape index (κ1) is 11.3. The Balaban J connectivity index is 1.87.